The highest BCUT2D eigenvalue weighted by atomic mass is 15.3. The van der Waals surface area contributed by atoms with Crippen molar-refractivity contribution in [3.05, 3.63) is 0 Å². The molecule has 2 aliphatic carbocycles. The molecule has 0 bridgehead atoms. The van der Waals surface area contributed by atoms with E-state index in [4.69, 9.17) is 0 Å². The summed E-state index contributed by atoms with van der Waals surface area (Å²) in [6.45, 7) is 9.87. The predicted molar refractivity (Wildman–Crippen MR) is 90.6 cm³/mol. The normalized spacial score (nSPS) is 40.7. The monoisotopic (exact) mass is 292 g/mol. The Morgan fingerprint density at radius 1 is 1.05 bits per heavy atom. The van der Waals surface area contributed by atoms with Gasteiger partial charge in [-0.1, -0.05) is 46.5 Å². The standard InChI is InChI=1S/C19H36N2/c1-4-16-9-10-18(15(16)3)21-14-19(11-7-6-8-12-19)20-13-17(21)5-2/h15-18,20H,4-14H2,1-3H3. The van der Waals surface area contributed by atoms with Gasteiger partial charge in [-0.2, -0.15) is 0 Å². The summed E-state index contributed by atoms with van der Waals surface area (Å²) in [6.07, 6.45) is 12.8. The molecular formula is C19H36N2. The molecule has 3 rings (SSSR count). The number of piperazine rings is 1. The van der Waals surface area contributed by atoms with E-state index in [-0.39, 0.29) is 0 Å². The van der Waals surface area contributed by atoms with Crippen molar-refractivity contribution in [3.63, 3.8) is 0 Å². The maximum Gasteiger partial charge on any atom is 0.0309 e. The van der Waals surface area contributed by atoms with Gasteiger partial charge in [0.05, 0.1) is 0 Å². The largest absolute Gasteiger partial charge is 0.308 e. The summed E-state index contributed by atoms with van der Waals surface area (Å²) in [6, 6.07) is 1.64. The lowest BCUT2D eigenvalue weighted by molar-refractivity contribution is 0.00934. The molecule has 4 atom stereocenters. The van der Waals surface area contributed by atoms with Crippen molar-refractivity contribution in [3.8, 4) is 0 Å². The highest BCUT2D eigenvalue weighted by molar-refractivity contribution is 5.03. The van der Waals surface area contributed by atoms with E-state index >= 15 is 0 Å². The van der Waals surface area contributed by atoms with Crippen LogP contribution in [0.4, 0.5) is 0 Å². The molecule has 2 heteroatoms. The molecule has 2 nitrogen and oxygen atoms in total. The van der Waals surface area contributed by atoms with Crippen LogP contribution in [-0.2, 0) is 0 Å². The summed E-state index contributed by atoms with van der Waals surface area (Å²) in [5.41, 5.74) is 0.466. The zero-order valence-electron chi connectivity index (χ0n) is 14.5. The number of nitrogens with one attached hydrogen (secondary N) is 1. The van der Waals surface area contributed by atoms with Crippen molar-refractivity contribution >= 4 is 0 Å². The van der Waals surface area contributed by atoms with E-state index in [9.17, 15) is 0 Å². The van der Waals surface area contributed by atoms with E-state index in [2.05, 4.69) is 31.0 Å². The second-order valence-electron chi connectivity index (χ2n) is 8.13. The molecule has 0 aromatic rings. The minimum absolute atomic E-state index is 0.466. The van der Waals surface area contributed by atoms with Gasteiger partial charge in [0.25, 0.3) is 0 Å². The molecular weight excluding hydrogens is 256 g/mol. The molecule has 1 N–H and O–H groups in total. The quantitative estimate of drug-likeness (QED) is 0.839. The Bertz CT molecular complexity index is 334. The van der Waals surface area contributed by atoms with Gasteiger partial charge in [-0.25, -0.2) is 0 Å². The minimum Gasteiger partial charge on any atom is -0.308 e. The van der Waals surface area contributed by atoms with Crippen LogP contribution in [0, 0.1) is 11.8 Å². The molecule has 122 valence electrons. The Kier molecular flexibility index (Phi) is 4.95. The highest BCUT2D eigenvalue weighted by Crippen LogP contribution is 2.41. The Hall–Kier alpha value is -0.0800. The smallest absolute Gasteiger partial charge is 0.0309 e. The van der Waals surface area contributed by atoms with Gasteiger partial charge in [0.15, 0.2) is 0 Å². The molecule has 0 amide bonds. The average Bonchev–Trinajstić information content (AvgIpc) is 2.89. The average molecular weight is 293 g/mol. The van der Waals surface area contributed by atoms with Crippen molar-refractivity contribution in [1.82, 2.24) is 10.2 Å². The Morgan fingerprint density at radius 3 is 2.43 bits per heavy atom. The first kappa shape index (κ1) is 15.8. The van der Waals surface area contributed by atoms with Gasteiger partial charge >= 0.3 is 0 Å². The summed E-state index contributed by atoms with van der Waals surface area (Å²) < 4.78 is 0. The third kappa shape index (κ3) is 3.03. The Labute approximate surface area is 132 Å². The van der Waals surface area contributed by atoms with E-state index in [1.807, 2.05) is 0 Å². The van der Waals surface area contributed by atoms with Crippen LogP contribution in [0.15, 0.2) is 0 Å². The first-order valence-corrected chi connectivity index (χ1v) is 9.70. The van der Waals surface area contributed by atoms with Crippen molar-refractivity contribution < 1.29 is 0 Å². The second kappa shape index (κ2) is 6.58. The summed E-state index contributed by atoms with van der Waals surface area (Å²) >= 11 is 0. The topological polar surface area (TPSA) is 15.3 Å². The molecule has 1 saturated heterocycles. The van der Waals surface area contributed by atoms with Crippen LogP contribution in [0.5, 0.6) is 0 Å². The van der Waals surface area contributed by atoms with Gasteiger partial charge in [0, 0.05) is 30.7 Å². The summed E-state index contributed by atoms with van der Waals surface area (Å²) in [5.74, 6) is 1.88. The first-order valence-electron chi connectivity index (χ1n) is 9.70. The third-order valence-corrected chi connectivity index (χ3v) is 7.08. The number of rotatable bonds is 3. The van der Waals surface area contributed by atoms with E-state index in [0.29, 0.717) is 5.54 Å². The van der Waals surface area contributed by atoms with Crippen molar-refractivity contribution in [1.29, 1.82) is 0 Å². The van der Waals surface area contributed by atoms with E-state index < -0.39 is 0 Å². The van der Waals surface area contributed by atoms with E-state index in [1.54, 1.807) is 0 Å². The Morgan fingerprint density at radius 2 is 1.81 bits per heavy atom. The molecule has 2 saturated carbocycles. The molecule has 0 aromatic carbocycles. The van der Waals surface area contributed by atoms with Crippen LogP contribution in [0.3, 0.4) is 0 Å². The van der Waals surface area contributed by atoms with Gasteiger partial charge in [0.1, 0.15) is 0 Å². The summed E-state index contributed by atoms with van der Waals surface area (Å²) in [4.78, 5) is 2.96. The maximum atomic E-state index is 3.99. The van der Waals surface area contributed by atoms with Crippen LogP contribution in [0.2, 0.25) is 0 Å². The molecule has 0 aromatic heterocycles. The van der Waals surface area contributed by atoms with E-state index in [1.165, 1.54) is 70.9 Å². The molecule has 3 aliphatic rings. The molecule has 3 fully saturated rings. The molecule has 1 heterocycles. The molecule has 0 radical (unpaired) electrons. The number of hydrogen-bond acceptors (Lipinski definition) is 2. The molecule has 21 heavy (non-hydrogen) atoms. The summed E-state index contributed by atoms with van der Waals surface area (Å²) in [7, 11) is 0. The predicted octanol–water partition coefficient (Wildman–Crippen LogP) is 4.20. The second-order valence-corrected chi connectivity index (χ2v) is 8.13. The van der Waals surface area contributed by atoms with Crippen LogP contribution >= 0.6 is 0 Å². The van der Waals surface area contributed by atoms with Gasteiger partial charge in [0.2, 0.25) is 0 Å². The van der Waals surface area contributed by atoms with Gasteiger partial charge in [-0.15, -0.1) is 0 Å². The van der Waals surface area contributed by atoms with Crippen LogP contribution in [-0.4, -0.2) is 35.6 Å². The number of nitrogens with zero attached hydrogens (tertiary/aromatic N) is 1. The van der Waals surface area contributed by atoms with Crippen molar-refractivity contribution in [2.45, 2.75) is 96.2 Å². The zero-order valence-corrected chi connectivity index (χ0v) is 14.5. The maximum absolute atomic E-state index is 3.99. The van der Waals surface area contributed by atoms with E-state index in [0.717, 1.165) is 23.9 Å². The fraction of sp³-hybridized carbons (Fsp3) is 1.00. The highest BCUT2D eigenvalue weighted by Gasteiger charge is 2.45. The van der Waals surface area contributed by atoms with Crippen LogP contribution < -0.4 is 5.32 Å². The zero-order chi connectivity index (χ0) is 14.9. The van der Waals surface area contributed by atoms with Gasteiger partial charge < -0.3 is 5.32 Å². The molecule has 1 spiro atoms. The fourth-order valence-electron chi connectivity index (χ4n) is 5.58. The lowest BCUT2D eigenvalue weighted by Crippen LogP contribution is -2.66. The molecule has 1 aliphatic heterocycles. The fourth-order valence-corrected chi connectivity index (χ4v) is 5.58. The third-order valence-electron chi connectivity index (χ3n) is 7.08. The van der Waals surface area contributed by atoms with Gasteiger partial charge in [-0.05, 0) is 43.9 Å². The molecule has 4 unspecified atom stereocenters. The lowest BCUT2D eigenvalue weighted by atomic mass is 9.78. The SMILES string of the molecule is CCC1CCC(N2CC3(CCCCC3)NCC2CC)C1C. The number of hydrogen-bond donors (Lipinski definition) is 1. The van der Waals surface area contributed by atoms with Crippen LogP contribution in [0.1, 0.15) is 78.6 Å². The van der Waals surface area contributed by atoms with Gasteiger partial charge in [-0.3, -0.25) is 4.90 Å². The first-order chi connectivity index (χ1) is 10.2. The van der Waals surface area contributed by atoms with Crippen LogP contribution in [0.25, 0.3) is 0 Å². The Balaban J connectivity index is 1.73. The summed E-state index contributed by atoms with van der Waals surface area (Å²) in [5, 5.41) is 3.99. The lowest BCUT2D eigenvalue weighted by Gasteiger charge is -2.52. The van der Waals surface area contributed by atoms with Crippen molar-refractivity contribution in [2.75, 3.05) is 13.1 Å². The minimum atomic E-state index is 0.466. The van der Waals surface area contributed by atoms with Crippen molar-refractivity contribution in [2.24, 2.45) is 11.8 Å².